The van der Waals surface area contributed by atoms with Crippen LogP contribution in [0.2, 0.25) is 0 Å². The molecule has 0 aliphatic carbocycles. The third-order valence-electron chi connectivity index (χ3n) is 3.60. The predicted octanol–water partition coefficient (Wildman–Crippen LogP) is 2.88. The molecule has 1 N–H and O–H groups in total. The molecule has 4 nitrogen and oxygen atoms in total. The highest BCUT2D eigenvalue weighted by molar-refractivity contribution is 7.17. The van der Waals surface area contributed by atoms with Crippen LogP contribution >= 0.6 is 11.3 Å². The fraction of sp³-hybridized carbons (Fsp3) is 0.375. The zero-order valence-corrected chi connectivity index (χ0v) is 12.8. The number of amides is 1. The zero-order chi connectivity index (χ0) is 14.7. The van der Waals surface area contributed by atoms with Crippen molar-refractivity contribution in [1.29, 1.82) is 0 Å². The second-order valence-electron chi connectivity index (χ2n) is 5.24. The van der Waals surface area contributed by atoms with Gasteiger partial charge in [-0.1, -0.05) is 30.3 Å². The number of rotatable bonds is 4. The van der Waals surface area contributed by atoms with Gasteiger partial charge in [-0.3, -0.25) is 4.79 Å². The molecule has 1 atom stereocenters. The third kappa shape index (κ3) is 3.31. The molecule has 1 aliphatic rings. The van der Waals surface area contributed by atoms with Crippen molar-refractivity contribution in [2.24, 2.45) is 5.92 Å². The molecule has 0 unspecified atom stereocenters. The van der Waals surface area contributed by atoms with E-state index in [9.17, 15) is 4.79 Å². The minimum Gasteiger partial charge on any atom is -0.381 e. The normalized spacial score (nSPS) is 17.9. The van der Waals surface area contributed by atoms with Crippen LogP contribution in [-0.4, -0.2) is 30.6 Å². The van der Waals surface area contributed by atoms with Gasteiger partial charge in [0.15, 0.2) is 0 Å². The Morgan fingerprint density at radius 1 is 1.43 bits per heavy atom. The second kappa shape index (κ2) is 6.37. The van der Waals surface area contributed by atoms with E-state index in [0.29, 0.717) is 17.3 Å². The number of nitrogens with one attached hydrogen (secondary N) is 1. The van der Waals surface area contributed by atoms with Crippen LogP contribution in [0.5, 0.6) is 0 Å². The van der Waals surface area contributed by atoms with E-state index < -0.39 is 0 Å². The van der Waals surface area contributed by atoms with Crippen LogP contribution in [0.25, 0.3) is 10.6 Å². The van der Waals surface area contributed by atoms with Crippen molar-refractivity contribution >= 4 is 17.2 Å². The van der Waals surface area contributed by atoms with Gasteiger partial charge in [0.2, 0.25) is 0 Å². The monoisotopic (exact) mass is 302 g/mol. The summed E-state index contributed by atoms with van der Waals surface area (Å²) in [6, 6.07) is 9.95. The number of carbonyl (C=O) groups is 1. The zero-order valence-electron chi connectivity index (χ0n) is 12.0. The molecule has 0 saturated carbocycles. The maximum absolute atomic E-state index is 12.3. The molecule has 1 aliphatic heterocycles. The van der Waals surface area contributed by atoms with Crippen LogP contribution in [0.4, 0.5) is 0 Å². The average molecular weight is 302 g/mol. The Kier molecular flexibility index (Phi) is 4.31. The average Bonchev–Trinajstić information content (AvgIpc) is 3.15. The number of thiazole rings is 1. The molecular weight excluding hydrogens is 284 g/mol. The van der Waals surface area contributed by atoms with Crippen molar-refractivity contribution in [3.8, 4) is 10.6 Å². The molecule has 1 aromatic heterocycles. The summed E-state index contributed by atoms with van der Waals surface area (Å²) in [5.41, 5.74) is 1.84. The number of carbonyl (C=O) groups excluding carboxylic acids is 1. The minimum absolute atomic E-state index is 0.0286. The van der Waals surface area contributed by atoms with E-state index in [-0.39, 0.29) is 5.91 Å². The number of ether oxygens (including phenoxy) is 1. The highest BCUT2D eigenvalue weighted by Crippen LogP contribution is 2.27. The van der Waals surface area contributed by atoms with Gasteiger partial charge in [0.25, 0.3) is 5.91 Å². The summed E-state index contributed by atoms with van der Waals surface area (Å²) < 4.78 is 5.32. The van der Waals surface area contributed by atoms with Crippen molar-refractivity contribution in [3.05, 3.63) is 40.9 Å². The molecule has 21 heavy (non-hydrogen) atoms. The van der Waals surface area contributed by atoms with Crippen molar-refractivity contribution < 1.29 is 9.53 Å². The standard InChI is InChI=1S/C16H18N2O2S/c1-11-14(15(19)17-9-12-7-8-20-10-12)21-16(18-11)13-5-3-2-4-6-13/h2-6,12H,7-10H2,1H3,(H,17,19)/t12-/m0/s1. The van der Waals surface area contributed by atoms with Crippen LogP contribution in [0.15, 0.2) is 30.3 Å². The first-order chi connectivity index (χ1) is 10.2. The van der Waals surface area contributed by atoms with Gasteiger partial charge in [0, 0.05) is 24.6 Å². The van der Waals surface area contributed by atoms with E-state index in [2.05, 4.69) is 10.3 Å². The number of aryl methyl sites for hydroxylation is 1. The van der Waals surface area contributed by atoms with Crippen LogP contribution in [0, 0.1) is 12.8 Å². The molecule has 0 bridgehead atoms. The molecule has 0 spiro atoms. The lowest BCUT2D eigenvalue weighted by Gasteiger charge is -2.08. The van der Waals surface area contributed by atoms with Crippen LogP contribution < -0.4 is 5.32 Å². The van der Waals surface area contributed by atoms with E-state index in [1.165, 1.54) is 11.3 Å². The summed E-state index contributed by atoms with van der Waals surface area (Å²) in [7, 11) is 0. The molecule has 0 radical (unpaired) electrons. The minimum atomic E-state index is -0.0286. The Hall–Kier alpha value is -1.72. The van der Waals surface area contributed by atoms with Crippen LogP contribution in [0.3, 0.4) is 0 Å². The first kappa shape index (κ1) is 14.2. The predicted molar refractivity (Wildman–Crippen MR) is 83.5 cm³/mol. The highest BCUT2D eigenvalue weighted by atomic mass is 32.1. The molecule has 1 saturated heterocycles. The number of nitrogens with zero attached hydrogens (tertiary/aromatic N) is 1. The Morgan fingerprint density at radius 3 is 2.95 bits per heavy atom. The topological polar surface area (TPSA) is 51.2 Å². The maximum atomic E-state index is 12.3. The quantitative estimate of drug-likeness (QED) is 0.945. The number of hydrogen-bond donors (Lipinski definition) is 1. The van der Waals surface area contributed by atoms with E-state index in [0.717, 1.165) is 35.9 Å². The molecule has 1 amide bonds. The van der Waals surface area contributed by atoms with Gasteiger partial charge < -0.3 is 10.1 Å². The van der Waals surface area contributed by atoms with Gasteiger partial charge >= 0.3 is 0 Å². The molecule has 1 aromatic carbocycles. The van der Waals surface area contributed by atoms with E-state index >= 15 is 0 Å². The first-order valence-electron chi connectivity index (χ1n) is 7.13. The lowest BCUT2D eigenvalue weighted by Crippen LogP contribution is -2.29. The second-order valence-corrected chi connectivity index (χ2v) is 6.24. The summed E-state index contributed by atoms with van der Waals surface area (Å²) in [6.45, 7) is 4.11. The summed E-state index contributed by atoms with van der Waals surface area (Å²) in [5, 5.41) is 3.89. The van der Waals surface area contributed by atoms with Gasteiger partial charge in [-0.15, -0.1) is 11.3 Å². The molecule has 2 heterocycles. The molecule has 3 rings (SSSR count). The van der Waals surface area contributed by atoms with Crippen molar-refractivity contribution in [2.45, 2.75) is 13.3 Å². The number of benzene rings is 1. The molecular formula is C16H18N2O2S. The van der Waals surface area contributed by atoms with Crippen molar-refractivity contribution in [2.75, 3.05) is 19.8 Å². The van der Waals surface area contributed by atoms with Crippen molar-refractivity contribution in [3.63, 3.8) is 0 Å². The number of aromatic nitrogens is 1. The Morgan fingerprint density at radius 2 is 2.24 bits per heavy atom. The lowest BCUT2D eigenvalue weighted by molar-refractivity contribution is 0.0948. The third-order valence-corrected chi connectivity index (χ3v) is 4.80. The summed E-state index contributed by atoms with van der Waals surface area (Å²) >= 11 is 1.45. The maximum Gasteiger partial charge on any atom is 0.263 e. The fourth-order valence-corrected chi connectivity index (χ4v) is 3.36. The van der Waals surface area contributed by atoms with Crippen LogP contribution in [-0.2, 0) is 4.74 Å². The Bertz CT molecular complexity index is 618. The van der Waals surface area contributed by atoms with E-state index in [1.807, 2.05) is 37.3 Å². The largest absolute Gasteiger partial charge is 0.381 e. The van der Waals surface area contributed by atoms with Gasteiger partial charge in [-0.25, -0.2) is 4.98 Å². The Labute approximate surface area is 128 Å². The van der Waals surface area contributed by atoms with Gasteiger partial charge in [-0.05, 0) is 13.3 Å². The highest BCUT2D eigenvalue weighted by Gasteiger charge is 2.19. The van der Waals surface area contributed by atoms with E-state index in [4.69, 9.17) is 4.74 Å². The van der Waals surface area contributed by atoms with Gasteiger partial charge in [0.05, 0.1) is 12.3 Å². The van der Waals surface area contributed by atoms with Crippen molar-refractivity contribution in [1.82, 2.24) is 10.3 Å². The first-order valence-corrected chi connectivity index (χ1v) is 7.94. The summed E-state index contributed by atoms with van der Waals surface area (Å²) in [4.78, 5) is 17.5. The summed E-state index contributed by atoms with van der Waals surface area (Å²) in [5.74, 6) is 0.412. The SMILES string of the molecule is Cc1nc(-c2ccccc2)sc1C(=O)NC[C@@H]1CCOC1. The smallest absolute Gasteiger partial charge is 0.263 e. The number of hydrogen-bond acceptors (Lipinski definition) is 4. The van der Waals surface area contributed by atoms with Gasteiger partial charge in [0.1, 0.15) is 9.88 Å². The molecule has 2 aromatic rings. The Balaban J connectivity index is 1.70. The van der Waals surface area contributed by atoms with Gasteiger partial charge in [-0.2, -0.15) is 0 Å². The lowest BCUT2D eigenvalue weighted by atomic mass is 10.1. The molecule has 5 heteroatoms. The van der Waals surface area contributed by atoms with E-state index in [1.54, 1.807) is 0 Å². The molecule has 1 fully saturated rings. The molecule has 110 valence electrons. The van der Waals surface area contributed by atoms with Crippen LogP contribution in [0.1, 0.15) is 21.8 Å². The fourth-order valence-electron chi connectivity index (χ4n) is 2.37. The summed E-state index contributed by atoms with van der Waals surface area (Å²) in [6.07, 6.45) is 1.03.